The molecule has 0 unspecified atom stereocenters. The van der Waals surface area contributed by atoms with Gasteiger partial charge in [0.25, 0.3) is 0 Å². The highest BCUT2D eigenvalue weighted by molar-refractivity contribution is 7.51. The predicted octanol–water partition coefficient (Wildman–Crippen LogP) is 10.7. The van der Waals surface area contributed by atoms with Crippen molar-refractivity contribution in [2.75, 3.05) is 12.3 Å². The van der Waals surface area contributed by atoms with E-state index in [1.807, 2.05) is 85.5 Å². The summed E-state index contributed by atoms with van der Waals surface area (Å²) in [5.41, 5.74) is 15.3. The number of rotatable bonds is 14. The van der Waals surface area contributed by atoms with Crippen molar-refractivity contribution in [3.05, 3.63) is 207 Å². The molecular weight excluding hydrogens is 863 g/mol. The van der Waals surface area contributed by atoms with Gasteiger partial charge in [-0.25, -0.2) is 19.1 Å². The van der Waals surface area contributed by atoms with Gasteiger partial charge in [0.1, 0.15) is 12.3 Å². The van der Waals surface area contributed by atoms with Crippen LogP contribution in [0.25, 0.3) is 89.5 Å². The minimum atomic E-state index is -4.05. The summed E-state index contributed by atoms with van der Waals surface area (Å²) in [6, 6.07) is 62.1. The summed E-state index contributed by atoms with van der Waals surface area (Å²) in [6.07, 6.45) is 6.98. The van der Waals surface area contributed by atoms with Crippen LogP contribution in [0.2, 0.25) is 0 Å². The first-order valence-electron chi connectivity index (χ1n) is 21.4. The third kappa shape index (κ3) is 11.1. The molecule has 0 saturated heterocycles. The van der Waals surface area contributed by atoms with Crippen LogP contribution in [-0.2, 0) is 22.2 Å². The van der Waals surface area contributed by atoms with Crippen molar-refractivity contribution >= 4 is 15.2 Å². The molecule has 10 nitrogen and oxygen atoms in total. The summed E-state index contributed by atoms with van der Waals surface area (Å²) in [4.78, 5) is 46.9. The minimum absolute atomic E-state index is 0.191. The third-order valence-corrected chi connectivity index (χ3v) is 13.1. The monoisotopic (exact) mass is 908 g/mol. The smallest absolute Gasteiger partial charge is 0.324 e. The Hall–Kier alpha value is -7.00. The van der Waals surface area contributed by atoms with Crippen LogP contribution in [0, 0.1) is 0 Å². The van der Waals surface area contributed by atoms with Crippen LogP contribution in [0.3, 0.4) is 0 Å². The highest BCUT2D eigenvalue weighted by Crippen LogP contribution is 2.35. The van der Waals surface area contributed by atoms with Gasteiger partial charge >= 0.3 is 15.2 Å². The van der Waals surface area contributed by atoms with Gasteiger partial charge in [-0.2, -0.15) is 0 Å². The largest absolute Gasteiger partial charge is 0.331 e. The summed E-state index contributed by atoms with van der Waals surface area (Å²) in [7, 11) is -8.10. The lowest BCUT2D eigenvalue weighted by Crippen LogP contribution is -2.34. The van der Waals surface area contributed by atoms with E-state index in [9.17, 15) is 28.7 Å². The van der Waals surface area contributed by atoms with Crippen LogP contribution in [0.4, 0.5) is 0 Å². The zero-order valence-electron chi connectivity index (χ0n) is 35.7. The van der Waals surface area contributed by atoms with E-state index in [4.69, 9.17) is 9.97 Å². The number of benzene rings is 6. The van der Waals surface area contributed by atoms with Crippen molar-refractivity contribution in [3.8, 4) is 89.5 Å². The molecule has 12 heteroatoms. The maximum atomic E-state index is 11.3. The fourth-order valence-electron chi connectivity index (χ4n) is 7.78. The van der Waals surface area contributed by atoms with E-state index in [0.29, 0.717) is 5.82 Å². The molecule has 0 aliphatic carbocycles. The van der Waals surface area contributed by atoms with Crippen LogP contribution in [0.15, 0.2) is 207 Å². The van der Waals surface area contributed by atoms with Gasteiger partial charge in [0.15, 0.2) is 43.7 Å². The predicted molar refractivity (Wildman–Crippen MR) is 260 cm³/mol. The molecule has 0 aliphatic rings. The van der Waals surface area contributed by atoms with E-state index in [1.165, 1.54) is 0 Å². The highest BCUT2D eigenvalue weighted by Gasteiger charge is 2.18. The van der Waals surface area contributed by atoms with Crippen molar-refractivity contribution in [1.82, 2.24) is 9.97 Å². The summed E-state index contributed by atoms with van der Waals surface area (Å²) in [5.74, 6) is 0.650. The number of aryl methyl sites for hydroxylation is 2. The molecule has 4 N–H and O–H groups in total. The summed E-state index contributed by atoms with van der Waals surface area (Å²) in [6.45, 7) is 0.511. The normalized spacial score (nSPS) is 11.7. The zero-order valence-corrected chi connectivity index (χ0v) is 37.5. The second-order valence-electron chi connectivity index (χ2n) is 16.1. The first kappa shape index (κ1) is 44.2. The van der Waals surface area contributed by atoms with Gasteiger partial charge in [0, 0.05) is 41.0 Å². The van der Waals surface area contributed by atoms with Crippen molar-refractivity contribution in [3.63, 3.8) is 0 Å². The van der Waals surface area contributed by atoms with Gasteiger partial charge in [0.2, 0.25) is 0 Å². The molecule has 3 aromatic heterocycles. The van der Waals surface area contributed by atoms with E-state index in [1.54, 1.807) is 9.13 Å². The molecular formula is C54H46N4O6P2+2. The number of pyridine rings is 2. The quantitative estimate of drug-likeness (QED) is 0.0623. The fourth-order valence-corrected chi connectivity index (χ4v) is 8.76. The molecule has 0 atom stereocenters. The van der Waals surface area contributed by atoms with E-state index in [0.717, 1.165) is 83.7 Å². The van der Waals surface area contributed by atoms with E-state index in [2.05, 4.69) is 121 Å². The molecule has 9 rings (SSSR count). The van der Waals surface area contributed by atoms with Gasteiger partial charge in [0.05, 0.1) is 11.4 Å². The van der Waals surface area contributed by atoms with Crippen LogP contribution in [0.5, 0.6) is 0 Å². The molecule has 326 valence electrons. The van der Waals surface area contributed by atoms with E-state index < -0.39 is 15.2 Å². The van der Waals surface area contributed by atoms with Crippen LogP contribution < -0.4 is 9.13 Å². The second kappa shape index (κ2) is 19.2. The maximum Gasteiger partial charge on any atom is 0.331 e. The molecule has 0 bridgehead atoms. The number of hydrogen-bond donors (Lipinski definition) is 4. The molecule has 0 amide bonds. The lowest BCUT2D eigenvalue weighted by atomic mass is 9.97. The first-order chi connectivity index (χ1) is 31.9. The Kier molecular flexibility index (Phi) is 12.9. The molecule has 3 heterocycles. The fraction of sp³-hybridized carbons (Fsp3) is 0.0741. The lowest BCUT2D eigenvalue weighted by molar-refractivity contribution is -0.692. The topological polar surface area (TPSA) is 149 Å². The Morgan fingerprint density at radius 3 is 0.864 bits per heavy atom. The van der Waals surface area contributed by atoms with Crippen LogP contribution >= 0.6 is 15.2 Å². The summed E-state index contributed by atoms with van der Waals surface area (Å²) >= 11 is 0. The first-order valence-corrected chi connectivity index (χ1v) is 25.0. The maximum absolute atomic E-state index is 11.3. The molecule has 0 aliphatic heterocycles. The van der Waals surface area contributed by atoms with Crippen molar-refractivity contribution in [2.45, 2.75) is 13.1 Å². The Morgan fingerprint density at radius 2 is 0.591 bits per heavy atom. The number of aromatic nitrogens is 4. The Morgan fingerprint density at radius 1 is 0.333 bits per heavy atom. The van der Waals surface area contributed by atoms with Crippen molar-refractivity contribution < 1.29 is 37.8 Å². The lowest BCUT2D eigenvalue weighted by Gasteiger charge is -2.11. The average Bonchev–Trinajstić information content (AvgIpc) is 3.35. The SMILES string of the molecule is O=P(O)(O)CC[n+]1ccc(-c2ccc(-c3ccc(-c4ccc(-c5cc(-c6ccc(-c7ccc(-c8cc[n+](CCP(=O)(O)O)cc8)cc7)cc6)nc(-c6ccccc6)n5)cc4)cc3)cc2)cc1. The van der Waals surface area contributed by atoms with E-state index in [-0.39, 0.29) is 25.4 Å². The minimum Gasteiger partial charge on any atom is -0.324 e. The molecule has 0 radical (unpaired) electrons. The molecule has 6 aromatic carbocycles. The van der Waals surface area contributed by atoms with Gasteiger partial charge in [-0.3, -0.25) is 9.13 Å². The molecule has 9 aromatic rings. The molecule has 0 saturated carbocycles. The molecule has 66 heavy (non-hydrogen) atoms. The van der Waals surface area contributed by atoms with Crippen LogP contribution in [0.1, 0.15) is 0 Å². The average molecular weight is 909 g/mol. The standard InChI is InChI=1S/C54H44N4O6P2/c59-65(60,61)36-34-57-30-26-47(27-31-57)45-14-10-40(11-15-45)39-6-8-41(9-7-39)43-18-22-49(23-19-43)52-38-53(56-54(55-52)51-4-2-1-3-5-51)50-24-20-44(21-25-50)42-12-16-46(17-13-42)48-28-32-58(33-29-48)35-37-66(62,63)64/h1-33,38H,34-37H2,(H2-2,59,60,61,62,63,64)/p+2. The number of hydrogen-bond acceptors (Lipinski definition) is 4. The highest BCUT2D eigenvalue weighted by atomic mass is 31.2. The molecule has 0 spiro atoms. The Labute approximate surface area is 383 Å². The van der Waals surface area contributed by atoms with Gasteiger partial charge in [-0.1, -0.05) is 152 Å². The van der Waals surface area contributed by atoms with Gasteiger partial charge in [-0.15, -0.1) is 0 Å². The second-order valence-corrected chi connectivity index (χ2v) is 19.7. The molecule has 0 fully saturated rings. The zero-order chi connectivity index (χ0) is 45.7. The van der Waals surface area contributed by atoms with Crippen LogP contribution in [-0.4, -0.2) is 41.9 Å². The van der Waals surface area contributed by atoms with Gasteiger partial charge in [-0.05, 0) is 61.7 Å². The number of nitrogens with zero attached hydrogens (tertiary/aromatic N) is 4. The van der Waals surface area contributed by atoms with Crippen molar-refractivity contribution in [2.24, 2.45) is 0 Å². The van der Waals surface area contributed by atoms with Crippen molar-refractivity contribution in [1.29, 1.82) is 0 Å². The van der Waals surface area contributed by atoms with Gasteiger partial charge < -0.3 is 19.6 Å². The Bertz CT molecular complexity index is 3180. The Balaban J connectivity index is 0.894. The van der Waals surface area contributed by atoms with E-state index >= 15 is 0 Å². The third-order valence-electron chi connectivity index (χ3n) is 11.5. The summed E-state index contributed by atoms with van der Waals surface area (Å²) in [5, 5.41) is 0. The summed E-state index contributed by atoms with van der Waals surface area (Å²) < 4.78 is 26.1.